The molecule has 2 aliphatic heterocycles. The SMILES string of the molecule is COc1ccc(OC)c([C@@H]2CCCN2C(=O)CN2C(=O)N[C@@]3(CCc4ccccc43)C2=O)c1. The van der Waals surface area contributed by atoms with E-state index in [9.17, 15) is 14.4 Å². The van der Waals surface area contributed by atoms with Gasteiger partial charge in [-0.1, -0.05) is 24.3 Å². The van der Waals surface area contributed by atoms with Crippen molar-refractivity contribution in [1.29, 1.82) is 0 Å². The van der Waals surface area contributed by atoms with Gasteiger partial charge in [0.2, 0.25) is 5.91 Å². The van der Waals surface area contributed by atoms with Crippen molar-refractivity contribution in [3.63, 3.8) is 0 Å². The fraction of sp³-hybridized carbons (Fsp3) is 0.400. The van der Waals surface area contributed by atoms with Crippen LogP contribution in [0.3, 0.4) is 0 Å². The van der Waals surface area contributed by atoms with E-state index in [1.807, 2.05) is 42.5 Å². The molecule has 2 aromatic carbocycles. The molecule has 4 amide bonds. The van der Waals surface area contributed by atoms with Gasteiger partial charge < -0.3 is 19.7 Å². The van der Waals surface area contributed by atoms with Crippen molar-refractivity contribution in [2.75, 3.05) is 27.3 Å². The number of aryl methyl sites for hydroxylation is 1. The monoisotopic (exact) mass is 449 g/mol. The molecular weight excluding hydrogens is 422 g/mol. The van der Waals surface area contributed by atoms with Crippen molar-refractivity contribution in [3.05, 3.63) is 59.2 Å². The Morgan fingerprint density at radius 3 is 2.76 bits per heavy atom. The molecular formula is C25H27N3O5. The highest BCUT2D eigenvalue weighted by Crippen LogP contribution is 2.42. The molecule has 1 N–H and O–H groups in total. The van der Waals surface area contributed by atoms with E-state index < -0.39 is 11.6 Å². The van der Waals surface area contributed by atoms with Crippen molar-refractivity contribution >= 4 is 17.8 Å². The summed E-state index contributed by atoms with van der Waals surface area (Å²) in [7, 11) is 3.19. The number of ether oxygens (including phenoxy) is 2. The Hall–Kier alpha value is -3.55. The van der Waals surface area contributed by atoms with Gasteiger partial charge in [-0.15, -0.1) is 0 Å². The van der Waals surface area contributed by atoms with Crippen molar-refractivity contribution in [1.82, 2.24) is 15.1 Å². The number of hydrogen-bond donors (Lipinski definition) is 1. The highest BCUT2D eigenvalue weighted by atomic mass is 16.5. The topological polar surface area (TPSA) is 88.2 Å². The van der Waals surface area contributed by atoms with Gasteiger partial charge in [0.05, 0.1) is 20.3 Å². The molecule has 3 aliphatic rings. The molecule has 2 fully saturated rings. The largest absolute Gasteiger partial charge is 0.497 e. The van der Waals surface area contributed by atoms with Gasteiger partial charge >= 0.3 is 6.03 Å². The molecule has 2 saturated heterocycles. The van der Waals surface area contributed by atoms with Crippen LogP contribution in [0.4, 0.5) is 4.79 Å². The lowest BCUT2D eigenvalue weighted by Gasteiger charge is -2.28. The molecule has 2 aromatic rings. The first-order valence-corrected chi connectivity index (χ1v) is 11.2. The third-order valence-corrected chi connectivity index (χ3v) is 7.08. The lowest BCUT2D eigenvalue weighted by Crippen LogP contribution is -2.44. The summed E-state index contributed by atoms with van der Waals surface area (Å²) >= 11 is 0. The second kappa shape index (κ2) is 8.10. The van der Waals surface area contributed by atoms with Gasteiger partial charge in [0.15, 0.2) is 0 Å². The molecule has 172 valence electrons. The fourth-order valence-electron chi connectivity index (χ4n) is 5.45. The zero-order chi connectivity index (χ0) is 23.2. The Balaban J connectivity index is 1.38. The van der Waals surface area contributed by atoms with Gasteiger partial charge in [-0.25, -0.2) is 4.79 Å². The van der Waals surface area contributed by atoms with E-state index in [1.54, 1.807) is 19.1 Å². The van der Waals surface area contributed by atoms with Crippen LogP contribution in [0.25, 0.3) is 0 Å². The summed E-state index contributed by atoms with van der Waals surface area (Å²) in [5.41, 5.74) is 1.69. The summed E-state index contributed by atoms with van der Waals surface area (Å²) in [6.45, 7) is 0.277. The summed E-state index contributed by atoms with van der Waals surface area (Å²) in [6, 6.07) is 12.5. The summed E-state index contributed by atoms with van der Waals surface area (Å²) in [5.74, 6) is 0.757. The molecule has 33 heavy (non-hydrogen) atoms. The van der Waals surface area contributed by atoms with Gasteiger partial charge in [-0.05, 0) is 55.0 Å². The highest BCUT2D eigenvalue weighted by Gasteiger charge is 2.55. The van der Waals surface area contributed by atoms with Crippen molar-refractivity contribution in [2.24, 2.45) is 0 Å². The molecule has 5 rings (SSSR count). The van der Waals surface area contributed by atoms with Gasteiger partial charge in [0.1, 0.15) is 23.6 Å². The van der Waals surface area contributed by atoms with Crippen molar-refractivity contribution in [3.8, 4) is 11.5 Å². The number of imide groups is 1. The Bertz CT molecular complexity index is 1130. The smallest absolute Gasteiger partial charge is 0.325 e. The number of hydrogen-bond acceptors (Lipinski definition) is 5. The molecule has 8 heteroatoms. The van der Waals surface area contributed by atoms with Crippen molar-refractivity contribution in [2.45, 2.75) is 37.3 Å². The van der Waals surface area contributed by atoms with Gasteiger partial charge in [-0.2, -0.15) is 0 Å². The number of nitrogens with one attached hydrogen (secondary N) is 1. The van der Waals surface area contributed by atoms with Crippen molar-refractivity contribution < 1.29 is 23.9 Å². The lowest BCUT2D eigenvalue weighted by molar-refractivity contribution is -0.139. The molecule has 0 unspecified atom stereocenters. The highest BCUT2D eigenvalue weighted by molar-refractivity contribution is 6.10. The average Bonchev–Trinajstić information content (AvgIpc) is 3.53. The first-order chi connectivity index (χ1) is 16.0. The number of urea groups is 1. The van der Waals surface area contributed by atoms with Crippen LogP contribution in [-0.2, 0) is 21.5 Å². The molecule has 0 bridgehead atoms. The van der Waals surface area contributed by atoms with Crippen LogP contribution in [0.1, 0.15) is 42.0 Å². The van der Waals surface area contributed by atoms with Crippen LogP contribution in [0, 0.1) is 0 Å². The molecule has 1 aliphatic carbocycles. The van der Waals surface area contributed by atoms with Crippen LogP contribution in [-0.4, -0.2) is 55.0 Å². The van der Waals surface area contributed by atoms with Crippen LogP contribution >= 0.6 is 0 Å². The summed E-state index contributed by atoms with van der Waals surface area (Å²) in [4.78, 5) is 42.4. The predicted molar refractivity (Wildman–Crippen MR) is 120 cm³/mol. The number of nitrogens with zero attached hydrogens (tertiary/aromatic N) is 2. The predicted octanol–water partition coefficient (Wildman–Crippen LogP) is 2.76. The minimum absolute atomic E-state index is 0.204. The normalized spacial score (nSPS) is 23.8. The second-order valence-corrected chi connectivity index (χ2v) is 8.74. The maximum absolute atomic E-state index is 13.4. The van der Waals surface area contributed by atoms with E-state index in [2.05, 4.69) is 5.32 Å². The van der Waals surface area contributed by atoms with E-state index in [-0.39, 0.29) is 24.4 Å². The number of amides is 4. The minimum atomic E-state index is -1.06. The number of benzene rings is 2. The standard InChI is InChI=1S/C25H27N3O5/c1-32-17-9-10-21(33-2)18(14-17)20-8-5-13-27(20)22(29)15-28-23(30)25(26-24(28)31)12-11-16-6-3-4-7-19(16)25/h3-4,6-7,9-10,14,20H,5,8,11-13,15H2,1-2H3,(H,26,31)/t20-,25+/m0/s1. The molecule has 0 aromatic heterocycles. The van der Waals surface area contributed by atoms with E-state index >= 15 is 0 Å². The van der Waals surface area contributed by atoms with E-state index in [0.29, 0.717) is 30.9 Å². The molecule has 0 radical (unpaired) electrons. The molecule has 1 spiro atoms. The molecule has 8 nitrogen and oxygen atoms in total. The lowest BCUT2D eigenvalue weighted by atomic mass is 9.92. The third kappa shape index (κ3) is 3.32. The maximum atomic E-state index is 13.4. The number of rotatable bonds is 5. The van der Waals surface area contributed by atoms with Crippen LogP contribution < -0.4 is 14.8 Å². The third-order valence-electron chi connectivity index (χ3n) is 7.08. The first-order valence-electron chi connectivity index (χ1n) is 11.2. The van der Waals surface area contributed by atoms with Crippen LogP contribution in [0.15, 0.2) is 42.5 Å². The zero-order valence-corrected chi connectivity index (χ0v) is 18.8. The molecule has 2 atom stereocenters. The van der Waals surface area contributed by atoms with E-state index in [4.69, 9.17) is 9.47 Å². The average molecular weight is 450 g/mol. The van der Waals surface area contributed by atoms with Crippen LogP contribution in [0.5, 0.6) is 11.5 Å². The van der Waals surface area contributed by atoms with Crippen LogP contribution in [0.2, 0.25) is 0 Å². The Morgan fingerprint density at radius 1 is 1.15 bits per heavy atom. The molecule has 0 saturated carbocycles. The Kier molecular flexibility index (Phi) is 5.23. The summed E-state index contributed by atoms with van der Waals surface area (Å²) in [6.07, 6.45) is 2.82. The minimum Gasteiger partial charge on any atom is -0.497 e. The second-order valence-electron chi connectivity index (χ2n) is 8.74. The van der Waals surface area contributed by atoms with E-state index in [1.165, 1.54) is 0 Å². The number of likely N-dealkylation sites (tertiary alicyclic amines) is 1. The summed E-state index contributed by atoms with van der Waals surface area (Å²) < 4.78 is 10.9. The first kappa shape index (κ1) is 21.3. The van der Waals surface area contributed by atoms with Gasteiger partial charge in [0, 0.05) is 12.1 Å². The maximum Gasteiger partial charge on any atom is 0.325 e. The number of carbonyl (C=O) groups is 3. The molecule has 2 heterocycles. The quantitative estimate of drug-likeness (QED) is 0.710. The Morgan fingerprint density at radius 2 is 1.97 bits per heavy atom. The fourth-order valence-corrected chi connectivity index (χ4v) is 5.45. The zero-order valence-electron chi connectivity index (χ0n) is 18.8. The summed E-state index contributed by atoms with van der Waals surface area (Å²) in [5, 5.41) is 2.89. The number of carbonyl (C=O) groups excluding carboxylic acids is 3. The van der Waals surface area contributed by atoms with Gasteiger partial charge in [-0.3, -0.25) is 14.5 Å². The number of methoxy groups -OCH3 is 2. The van der Waals surface area contributed by atoms with E-state index in [0.717, 1.165) is 34.4 Å². The Labute approximate surface area is 192 Å². The number of fused-ring (bicyclic) bond motifs is 2. The van der Waals surface area contributed by atoms with Gasteiger partial charge in [0.25, 0.3) is 5.91 Å².